The van der Waals surface area contributed by atoms with Crippen LogP contribution in [0.15, 0.2) is 97.1 Å². The molecule has 4 nitrogen and oxygen atoms in total. The summed E-state index contributed by atoms with van der Waals surface area (Å²) in [6.07, 6.45) is 0. The lowest BCUT2D eigenvalue weighted by atomic mass is 10.1. The van der Waals surface area contributed by atoms with Crippen molar-refractivity contribution >= 4 is 5.91 Å². The molecule has 4 aromatic rings. The van der Waals surface area contributed by atoms with E-state index in [9.17, 15) is 4.79 Å². The summed E-state index contributed by atoms with van der Waals surface area (Å²) >= 11 is 0. The van der Waals surface area contributed by atoms with Gasteiger partial charge in [-0.2, -0.15) is 0 Å². The molecule has 4 rings (SSSR count). The molecule has 1 heterocycles. The number of aromatic nitrogens is 1. The predicted molar refractivity (Wildman–Crippen MR) is 108 cm³/mol. The van der Waals surface area contributed by atoms with Gasteiger partial charge in [0.05, 0.1) is 11.4 Å². The number of nitrogen functional groups attached to an aromatic ring is 1. The average Bonchev–Trinajstić information content (AvgIpc) is 3.20. The number of carbonyl (C=O) groups excluding carboxylic acids is 1. The lowest BCUT2D eigenvalue weighted by molar-refractivity contribution is 0.0953. The molecule has 1 aromatic heterocycles. The summed E-state index contributed by atoms with van der Waals surface area (Å²) in [4.78, 5) is 11.7. The Morgan fingerprint density at radius 1 is 0.667 bits per heavy atom. The molecule has 132 valence electrons. The topological polar surface area (TPSA) is 60.0 Å². The number of nitrogens with zero attached hydrogens (tertiary/aromatic N) is 1. The molecule has 0 radical (unpaired) electrons. The molecule has 0 bridgehead atoms. The summed E-state index contributed by atoms with van der Waals surface area (Å²) in [5.41, 5.74) is 8.10. The zero-order valence-electron chi connectivity index (χ0n) is 14.7. The van der Waals surface area contributed by atoms with E-state index in [0.29, 0.717) is 5.56 Å². The molecule has 0 fully saturated rings. The third-order valence-corrected chi connectivity index (χ3v) is 4.54. The Bertz CT molecular complexity index is 995. The molecule has 0 spiro atoms. The van der Waals surface area contributed by atoms with Crippen molar-refractivity contribution in [3.63, 3.8) is 0 Å². The van der Waals surface area contributed by atoms with Crippen LogP contribution in [0.25, 0.3) is 28.2 Å². The highest BCUT2D eigenvalue weighted by Gasteiger charge is 2.14. The Kier molecular flexibility index (Phi) is 4.56. The van der Waals surface area contributed by atoms with Crippen molar-refractivity contribution in [2.24, 2.45) is 5.84 Å². The predicted octanol–water partition coefficient (Wildman–Crippen LogP) is 4.41. The Balaban J connectivity index is 1.89. The van der Waals surface area contributed by atoms with Gasteiger partial charge in [0.2, 0.25) is 0 Å². The summed E-state index contributed by atoms with van der Waals surface area (Å²) in [7, 11) is 0. The molecule has 0 saturated carbocycles. The highest BCUT2D eigenvalue weighted by Crippen LogP contribution is 2.32. The smallest absolute Gasteiger partial charge is 0.265 e. The monoisotopic (exact) mass is 353 g/mol. The molecule has 3 N–H and O–H groups in total. The van der Waals surface area contributed by atoms with Crippen LogP contribution in [0.3, 0.4) is 0 Å². The minimum atomic E-state index is -0.305. The van der Waals surface area contributed by atoms with Crippen LogP contribution in [-0.2, 0) is 0 Å². The summed E-state index contributed by atoms with van der Waals surface area (Å²) < 4.78 is 2.20. The summed E-state index contributed by atoms with van der Waals surface area (Å²) in [6, 6.07) is 32.2. The van der Waals surface area contributed by atoms with Gasteiger partial charge in [0.1, 0.15) is 0 Å². The summed E-state index contributed by atoms with van der Waals surface area (Å²) in [5.74, 6) is 4.93. The summed E-state index contributed by atoms with van der Waals surface area (Å²) in [6.45, 7) is 0. The van der Waals surface area contributed by atoms with Crippen molar-refractivity contribution in [2.75, 3.05) is 0 Å². The van der Waals surface area contributed by atoms with Crippen molar-refractivity contribution < 1.29 is 4.79 Å². The Morgan fingerprint density at radius 2 is 1.15 bits per heavy atom. The number of hydrogen-bond donors (Lipinski definition) is 2. The molecule has 0 aliphatic rings. The molecule has 0 atom stereocenters. The molecule has 0 saturated heterocycles. The Hall–Kier alpha value is -3.63. The zero-order chi connectivity index (χ0) is 18.6. The van der Waals surface area contributed by atoms with Crippen LogP contribution in [0.2, 0.25) is 0 Å². The maximum Gasteiger partial charge on any atom is 0.265 e. The molecule has 27 heavy (non-hydrogen) atoms. The van der Waals surface area contributed by atoms with Crippen LogP contribution < -0.4 is 11.3 Å². The number of amides is 1. The fourth-order valence-electron chi connectivity index (χ4n) is 3.23. The lowest BCUT2D eigenvalue weighted by Crippen LogP contribution is -2.29. The van der Waals surface area contributed by atoms with Gasteiger partial charge in [-0.15, -0.1) is 0 Å². The molecule has 0 unspecified atom stereocenters. The minimum Gasteiger partial charge on any atom is -0.309 e. The van der Waals surface area contributed by atoms with Crippen LogP contribution in [-0.4, -0.2) is 10.5 Å². The van der Waals surface area contributed by atoms with Crippen LogP contribution in [0.4, 0.5) is 0 Å². The fraction of sp³-hybridized carbons (Fsp3) is 0. The van der Waals surface area contributed by atoms with Gasteiger partial charge in [-0.1, -0.05) is 60.7 Å². The van der Waals surface area contributed by atoms with Crippen molar-refractivity contribution in [3.8, 4) is 28.2 Å². The van der Waals surface area contributed by atoms with Gasteiger partial charge in [0.25, 0.3) is 5.91 Å². The van der Waals surface area contributed by atoms with Crippen molar-refractivity contribution in [1.82, 2.24) is 9.99 Å². The number of nitrogens with two attached hydrogens (primary N) is 1. The highest BCUT2D eigenvalue weighted by atomic mass is 16.2. The second kappa shape index (κ2) is 7.32. The molecule has 3 aromatic carbocycles. The number of nitrogens with one attached hydrogen (secondary N) is 1. The Labute approximate surface area is 157 Å². The standard InChI is InChI=1S/C23H19N3O/c24-25-23(27)19-11-13-20(14-12-19)26-21(17-7-3-1-4-8-17)15-16-22(26)18-9-5-2-6-10-18/h1-16H,24H2,(H,25,27). The van der Waals surface area contributed by atoms with E-state index in [-0.39, 0.29) is 5.91 Å². The van der Waals surface area contributed by atoms with E-state index in [1.165, 1.54) is 0 Å². The fourth-order valence-corrected chi connectivity index (χ4v) is 3.23. The maximum absolute atomic E-state index is 11.7. The Morgan fingerprint density at radius 3 is 1.59 bits per heavy atom. The van der Waals surface area contributed by atoms with E-state index in [1.807, 2.05) is 48.5 Å². The van der Waals surface area contributed by atoms with Crippen LogP contribution in [0.1, 0.15) is 10.4 Å². The molecule has 4 heteroatoms. The quantitative estimate of drug-likeness (QED) is 0.324. The first-order valence-corrected chi connectivity index (χ1v) is 8.72. The van der Waals surface area contributed by atoms with E-state index < -0.39 is 0 Å². The van der Waals surface area contributed by atoms with Gasteiger partial charge in [0.15, 0.2) is 0 Å². The third kappa shape index (κ3) is 3.26. The van der Waals surface area contributed by atoms with Gasteiger partial charge >= 0.3 is 0 Å². The molecular formula is C23H19N3O. The zero-order valence-corrected chi connectivity index (χ0v) is 14.7. The highest BCUT2D eigenvalue weighted by molar-refractivity contribution is 5.94. The van der Waals surface area contributed by atoms with Crippen molar-refractivity contribution in [2.45, 2.75) is 0 Å². The van der Waals surface area contributed by atoms with E-state index in [0.717, 1.165) is 28.2 Å². The third-order valence-electron chi connectivity index (χ3n) is 4.54. The summed E-state index contributed by atoms with van der Waals surface area (Å²) in [5, 5.41) is 0. The first-order chi connectivity index (χ1) is 13.3. The van der Waals surface area contributed by atoms with E-state index in [1.54, 1.807) is 12.1 Å². The maximum atomic E-state index is 11.7. The second-order valence-electron chi connectivity index (χ2n) is 6.19. The number of benzene rings is 3. The van der Waals surface area contributed by atoms with Crippen molar-refractivity contribution in [1.29, 1.82) is 0 Å². The van der Waals surface area contributed by atoms with Crippen LogP contribution in [0.5, 0.6) is 0 Å². The number of hydrogen-bond acceptors (Lipinski definition) is 2. The molecular weight excluding hydrogens is 334 g/mol. The van der Waals surface area contributed by atoms with Gasteiger partial charge in [-0.3, -0.25) is 10.2 Å². The molecule has 1 amide bonds. The van der Waals surface area contributed by atoms with Gasteiger partial charge in [-0.05, 0) is 47.5 Å². The minimum absolute atomic E-state index is 0.305. The normalized spacial score (nSPS) is 10.6. The number of carbonyl (C=O) groups is 1. The largest absolute Gasteiger partial charge is 0.309 e. The van der Waals surface area contributed by atoms with E-state index >= 15 is 0 Å². The first kappa shape index (κ1) is 16.8. The van der Waals surface area contributed by atoms with Crippen LogP contribution in [0, 0.1) is 0 Å². The second-order valence-corrected chi connectivity index (χ2v) is 6.19. The van der Waals surface area contributed by atoms with Gasteiger partial charge in [0, 0.05) is 11.3 Å². The van der Waals surface area contributed by atoms with E-state index in [2.05, 4.69) is 46.4 Å². The molecule has 0 aliphatic heterocycles. The number of rotatable bonds is 4. The van der Waals surface area contributed by atoms with Crippen LogP contribution >= 0.6 is 0 Å². The first-order valence-electron chi connectivity index (χ1n) is 8.72. The van der Waals surface area contributed by atoms with Gasteiger partial charge in [-0.25, -0.2) is 5.84 Å². The lowest BCUT2D eigenvalue weighted by Gasteiger charge is -2.15. The van der Waals surface area contributed by atoms with Gasteiger partial charge < -0.3 is 4.57 Å². The van der Waals surface area contributed by atoms with Crippen molar-refractivity contribution in [3.05, 3.63) is 103 Å². The average molecular weight is 353 g/mol. The van der Waals surface area contributed by atoms with E-state index in [4.69, 9.17) is 5.84 Å². The SMILES string of the molecule is NNC(=O)c1ccc(-n2c(-c3ccccc3)ccc2-c2ccccc2)cc1. The molecule has 0 aliphatic carbocycles. The number of hydrazine groups is 1.